The van der Waals surface area contributed by atoms with Crippen LogP contribution < -0.4 is 14.8 Å². The third kappa shape index (κ3) is 3.65. The van der Waals surface area contributed by atoms with Gasteiger partial charge in [-0.05, 0) is 54.3 Å². The zero-order valence-corrected chi connectivity index (χ0v) is 19.0. The maximum atomic E-state index is 13.2. The molecule has 1 N–H and O–H groups in total. The maximum absolute atomic E-state index is 13.2. The van der Waals surface area contributed by atoms with Gasteiger partial charge >= 0.3 is 5.97 Å². The molecule has 6 nitrogen and oxygen atoms in total. The van der Waals surface area contributed by atoms with Crippen LogP contribution in [0.4, 0.5) is 5.69 Å². The highest BCUT2D eigenvalue weighted by molar-refractivity contribution is 6.12. The molecule has 1 atom stereocenters. The predicted molar refractivity (Wildman–Crippen MR) is 127 cm³/mol. The SMILES string of the molecule is COc1cc(C2Nc3ccc4ncccc4c3C3=C2C(=O)CCC3)ccc1OC(=O)C(C)C. The Morgan fingerprint density at radius 2 is 1.97 bits per heavy atom. The monoisotopic (exact) mass is 442 g/mol. The molecule has 2 aromatic carbocycles. The molecule has 168 valence electrons. The zero-order chi connectivity index (χ0) is 23.1. The number of carbonyl (C=O) groups excluding carboxylic acids is 2. The van der Waals surface area contributed by atoms with E-state index in [2.05, 4.69) is 16.4 Å². The molecule has 2 aliphatic rings. The zero-order valence-electron chi connectivity index (χ0n) is 19.0. The number of nitrogens with zero attached hydrogens (tertiary/aromatic N) is 1. The number of Topliss-reactive ketones (excluding diaryl/α,β-unsaturated/α-hetero) is 1. The summed E-state index contributed by atoms with van der Waals surface area (Å²) in [6.45, 7) is 3.57. The number of anilines is 1. The molecule has 0 radical (unpaired) electrons. The molecule has 0 fully saturated rings. The number of hydrogen-bond acceptors (Lipinski definition) is 6. The highest BCUT2D eigenvalue weighted by Crippen LogP contribution is 2.48. The summed E-state index contributed by atoms with van der Waals surface area (Å²) >= 11 is 0. The standard InChI is InChI=1S/C27H26N2O4/c1-15(2)27(31)33-22-12-9-16(14-23(22)32-3)26-25-18(6-4-8-21(25)30)24-17-7-5-13-28-19(17)10-11-20(24)29-26/h5,7,9-15,26,29H,4,6,8H2,1-3H3. The Balaban J connectivity index is 1.63. The lowest BCUT2D eigenvalue weighted by Gasteiger charge is -2.35. The highest BCUT2D eigenvalue weighted by atomic mass is 16.6. The molecule has 1 aliphatic heterocycles. The molecule has 0 spiro atoms. The lowest BCUT2D eigenvalue weighted by atomic mass is 9.77. The van der Waals surface area contributed by atoms with Crippen molar-refractivity contribution in [3.05, 3.63) is 65.4 Å². The van der Waals surface area contributed by atoms with Crippen LogP contribution in [0.3, 0.4) is 0 Å². The van der Waals surface area contributed by atoms with E-state index in [1.165, 1.54) is 0 Å². The number of benzene rings is 2. The van der Waals surface area contributed by atoms with E-state index >= 15 is 0 Å². The van der Waals surface area contributed by atoms with Crippen LogP contribution in [0.1, 0.15) is 50.3 Å². The van der Waals surface area contributed by atoms with E-state index in [0.717, 1.165) is 51.7 Å². The minimum absolute atomic E-state index is 0.162. The summed E-state index contributed by atoms with van der Waals surface area (Å²) in [6.07, 6.45) is 4.01. The van der Waals surface area contributed by atoms with Gasteiger partial charge in [0.05, 0.1) is 24.6 Å². The topological polar surface area (TPSA) is 77.5 Å². The van der Waals surface area contributed by atoms with E-state index in [0.29, 0.717) is 17.9 Å². The first-order valence-electron chi connectivity index (χ1n) is 11.3. The highest BCUT2D eigenvalue weighted by Gasteiger charge is 2.35. The summed E-state index contributed by atoms with van der Waals surface area (Å²) in [4.78, 5) is 29.8. The number of nitrogens with one attached hydrogen (secondary N) is 1. The van der Waals surface area contributed by atoms with Gasteiger partial charge in [-0.15, -0.1) is 0 Å². The largest absolute Gasteiger partial charge is 0.493 e. The second kappa shape index (κ2) is 8.35. The van der Waals surface area contributed by atoms with Crippen LogP contribution >= 0.6 is 0 Å². The number of allylic oxidation sites excluding steroid dienone is 1. The molecule has 0 saturated heterocycles. The molecule has 2 heterocycles. The van der Waals surface area contributed by atoms with Crippen molar-refractivity contribution in [1.29, 1.82) is 0 Å². The minimum Gasteiger partial charge on any atom is -0.493 e. The van der Waals surface area contributed by atoms with Crippen LogP contribution in [0, 0.1) is 5.92 Å². The Morgan fingerprint density at radius 1 is 1.12 bits per heavy atom. The average molecular weight is 443 g/mol. The first-order valence-corrected chi connectivity index (χ1v) is 11.3. The van der Waals surface area contributed by atoms with E-state index in [9.17, 15) is 9.59 Å². The molecule has 3 aromatic rings. The number of pyridine rings is 1. The molecule has 1 aromatic heterocycles. The summed E-state index contributed by atoms with van der Waals surface area (Å²) < 4.78 is 11.0. The van der Waals surface area contributed by atoms with Crippen molar-refractivity contribution < 1.29 is 19.1 Å². The van der Waals surface area contributed by atoms with Gasteiger partial charge in [-0.2, -0.15) is 0 Å². The lowest BCUT2D eigenvalue weighted by molar-refractivity contribution is -0.137. The number of carbonyl (C=O) groups is 2. The summed E-state index contributed by atoms with van der Waals surface area (Å²) in [5.41, 5.74) is 5.77. The van der Waals surface area contributed by atoms with E-state index in [1.54, 1.807) is 33.2 Å². The Labute approximate surface area is 192 Å². The fourth-order valence-electron chi connectivity index (χ4n) is 4.71. The Hall–Kier alpha value is -3.67. The van der Waals surface area contributed by atoms with Gasteiger partial charge < -0.3 is 14.8 Å². The van der Waals surface area contributed by atoms with Gasteiger partial charge in [0, 0.05) is 34.8 Å². The molecular formula is C27H26N2O4. The number of esters is 1. The van der Waals surface area contributed by atoms with E-state index < -0.39 is 0 Å². The summed E-state index contributed by atoms with van der Waals surface area (Å²) in [6, 6.07) is 13.2. The van der Waals surface area contributed by atoms with E-state index in [1.807, 2.05) is 30.3 Å². The van der Waals surface area contributed by atoms with Crippen molar-refractivity contribution in [3.8, 4) is 11.5 Å². The fourth-order valence-corrected chi connectivity index (χ4v) is 4.71. The van der Waals surface area contributed by atoms with Crippen LogP contribution in [-0.2, 0) is 9.59 Å². The number of aromatic nitrogens is 1. The van der Waals surface area contributed by atoms with Gasteiger partial charge in [-0.3, -0.25) is 14.6 Å². The molecule has 0 bridgehead atoms. The van der Waals surface area contributed by atoms with E-state index in [-0.39, 0.29) is 23.7 Å². The summed E-state index contributed by atoms with van der Waals surface area (Å²) in [5.74, 6) is 0.427. The second-order valence-corrected chi connectivity index (χ2v) is 8.79. The second-order valence-electron chi connectivity index (χ2n) is 8.79. The van der Waals surface area contributed by atoms with Crippen molar-refractivity contribution in [2.45, 2.75) is 39.2 Å². The molecule has 6 heteroatoms. The quantitative estimate of drug-likeness (QED) is 0.426. The van der Waals surface area contributed by atoms with Gasteiger partial charge in [0.2, 0.25) is 0 Å². The first-order chi connectivity index (χ1) is 16.0. The van der Waals surface area contributed by atoms with Crippen molar-refractivity contribution in [3.63, 3.8) is 0 Å². The van der Waals surface area contributed by atoms with Gasteiger partial charge in [-0.1, -0.05) is 26.0 Å². The Morgan fingerprint density at radius 3 is 2.76 bits per heavy atom. The molecular weight excluding hydrogens is 416 g/mol. The summed E-state index contributed by atoms with van der Waals surface area (Å²) in [5, 5.41) is 4.65. The van der Waals surface area contributed by atoms with Gasteiger partial charge in [0.1, 0.15) is 0 Å². The molecule has 0 saturated carbocycles. The van der Waals surface area contributed by atoms with Crippen molar-refractivity contribution in [2.75, 3.05) is 12.4 Å². The van der Waals surface area contributed by atoms with Gasteiger partial charge in [0.25, 0.3) is 0 Å². The molecule has 5 rings (SSSR count). The molecule has 33 heavy (non-hydrogen) atoms. The van der Waals surface area contributed by atoms with Crippen LogP contribution in [0.15, 0.2) is 54.2 Å². The lowest BCUT2D eigenvalue weighted by Crippen LogP contribution is -2.27. The number of ketones is 1. The Bertz CT molecular complexity index is 1310. The minimum atomic E-state index is -0.321. The Kier molecular flexibility index (Phi) is 5.36. The third-order valence-electron chi connectivity index (χ3n) is 6.33. The number of rotatable bonds is 4. The number of methoxy groups -OCH3 is 1. The summed E-state index contributed by atoms with van der Waals surface area (Å²) in [7, 11) is 1.55. The predicted octanol–water partition coefficient (Wildman–Crippen LogP) is 5.48. The smallest absolute Gasteiger partial charge is 0.313 e. The van der Waals surface area contributed by atoms with Crippen molar-refractivity contribution in [2.24, 2.45) is 5.92 Å². The normalized spacial score (nSPS) is 17.5. The van der Waals surface area contributed by atoms with Gasteiger partial charge in [0.15, 0.2) is 17.3 Å². The van der Waals surface area contributed by atoms with Crippen molar-refractivity contribution >= 4 is 33.9 Å². The average Bonchev–Trinajstić information content (AvgIpc) is 2.83. The third-order valence-corrected chi connectivity index (χ3v) is 6.33. The number of hydrogen-bond donors (Lipinski definition) is 1. The maximum Gasteiger partial charge on any atom is 0.313 e. The first kappa shape index (κ1) is 21.2. The van der Waals surface area contributed by atoms with Crippen molar-refractivity contribution in [1.82, 2.24) is 4.98 Å². The van der Waals surface area contributed by atoms with Gasteiger partial charge in [-0.25, -0.2) is 0 Å². The van der Waals surface area contributed by atoms with Crippen LogP contribution in [-0.4, -0.2) is 23.8 Å². The number of fused-ring (bicyclic) bond motifs is 4. The molecule has 1 unspecified atom stereocenters. The van der Waals surface area contributed by atoms with Crippen LogP contribution in [0.5, 0.6) is 11.5 Å². The van der Waals surface area contributed by atoms with Crippen LogP contribution in [0.2, 0.25) is 0 Å². The van der Waals surface area contributed by atoms with Crippen LogP contribution in [0.25, 0.3) is 16.5 Å². The van der Waals surface area contributed by atoms with E-state index in [4.69, 9.17) is 9.47 Å². The number of ether oxygens (including phenoxy) is 2. The molecule has 0 amide bonds. The molecule has 1 aliphatic carbocycles. The fraction of sp³-hybridized carbons (Fsp3) is 0.296.